The highest BCUT2D eigenvalue weighted by Gasteiger charge is 2.25. The van der Waals surface area contributed by atoms with E-state index in [-0.39, 0.29) is 6.10 Å². The van der Waals surface area contributed by atoms with Gasteiger partial charge in [0.15, 0.2) is 17.0 Å². The molecule has 35 heavy (non-hydrogen) atoms. The molecule has 1 aromatic carbocycles. The molecule has 0 bridgehead atoms. The molecule has 6 rings (SSSR count). The number of ether oxygens (including phenoxy) is 1. The van der Waals surface area contributed by atoms with E-state index in [4.69, 9.17) is 24.7 Å². The Labute approximate surface area is 204 Å². The Hall–Kier alpha value is -3.08. The lowest BCUT2D eigenvalue weighted by Crippen LogP contribution is -2.37. The van der Waals surface area contributed by atoms with E-state index in [9.17, 15) is 5.11 Å². The number of para-hydroxylation sites is 2. The zero-order valence-corrected chi connectivity index (χ0v) is 20.3. The van der Waals surface area contributed by atoms with Crippen LogP contribution in [0.5, 0.6) is 0 Å². The summed E-state index contributed by atoms with van der Waals surface area (Å²) in [5.74, 6) is 3.23. The van der Waals surface area contributed by atoms with Crippen LogP contribution in [0.2, 0.25) is 0 Å². The number of aliphatic hydroxyl groups is 1. The van der Waals surface area contributed by atoms with Gasteiger partial charge >= 0.3 is 0 Å². The van der Waals surface area contributed by atoms with Crippen LogP contribution in [0.25, 0.3) is 28.1 Å². The molecule has 1 aliphatic heterocycles. The van der Waals surface area contributed by atoms with Gasteiger partial charge in [0.2, 0.25) is 5.95 Å². The molecular formula is C25H32N8O2. The van der Waals surface area contributed by atoms with Crippen molar-refractivity contribution in [1.82, 2.24) is 34.4 Å². The van der Waals surface area contributed by atoms with Crippen molar-refractivity contribution < 1.29 is 9.84 Å². The Morgan fingerprint density at radius 1 is 1.03 bits per heavy atom. The molecule has 10 nitrogen and oxygen atoms in total. The number of aromatic nitrogens is 6. The summed E-state index contributed by atoms with van der Waals surface area (Å²) in [7, 11) is 2.02. The average Bonchev–Trinajstić information content (AvgIpc) is 3.39. The highest BCUT2D eigenvalue weighted by Crippen LogP contribution is 2.28. The number of imidazole rings is 2. The lowest BCUT2D eigenvalue weighted by atomic mass is 9.93. The van der Waals surface area contributed by atoms with Crippen LogP contribution in [0.1, 0.15) is 37.3 Å². The predicted molar refractivity (Wildman–Crippen MR) is 134 cm³/mol. The number of morpholine rings is 1. The third kappa shape index (κ3) is 4.15. The van der Waals surface area contributed by atoms with Crippen LogP contribution < -0.4 is 10.2 Å². The fourth-order valence-electron chi connectivity index (χ4n) is 5.25. The van der Waals surface area contributed by atoms with Crippen molar-refractivity contribution in [2.24, 2.45) is 7.05 Å². The summed E-state index contributed by atoms with van der Waals surface area (Å²) in [5.41, 5.74) is 3.54. The van der Waals surface area contributed by atoms with E-state index in [1.807, 2.05) is 36.7 Å². The molecule has 4 aromatic rings. The fraction of sp³-hybridized carbons (Fsp3) is 0.520. The third-order valence-electron chi connectivity index (χ3n) is 7.27. The van der Waals surface area contributed by atoms with E-state index in [0.29, 0.717) is 31.7 Å². The molecule has 3 aromatic heterocycles. The summed E-state index contributed by atoms with van der Waals surface area (Å²) in [6.45, 7) is 5.51. The number of aryl methyl sites for hydroxylation is 2. The van der Waals surface area contributed by atoms with E-state index in [1.165, 1.54) is 0 Å². The van der Waals surface area contributed by atoms with Crippen molar-refractivity contribution in [1.29, 1.82) is 0 Å². The quantitative estimate of drug-likeness (QED) is 0.452. The number of hydrogen-bond acceptors (Lipinski definition) is 8. The topological polar surface area (TPSA) is 106 Å². The minimum absolute atomic E-state index is 0.156. The summed E-state index contributed by atoms with van der Waals surface area (Å²) in [4.78, 5) is 22.0. The van der Waals surface area contributed by atoms with E-state index in [2.05, 4.69) is 20.9 Å². The second kappa shape index (κ2) is 9.18. The molecule has 184 valence electrons. The van der Waals surface area contributed by atoms with Gasteiger partial charge in [-0.25, -0.2) is 9.97 Å². The van der Waals surface area contributed by atoms with Gasteiger partial charge in [-0.3, -0.25) is 4.57 Å². The molecule has 0 amide bonds. The summed E-state index contributed by atoms with van der Waals surface area (Å²) in [6.07, 6.45) is 3.53. The van der Waals surface area contributed by atoms with Crippen LogP contribution in [0.15, 0.2) is 24.3 Å². The minimum Gasteiger partial charge on any atom is -0.393 e. The molecule has 2 N–H and O–H groups in total. The number of aliphatic hydroxyl groups excluding tert-OH is 1. The summed E-state index contributed by atoms with van der Waals surface area (Å²) >= 11 is 0. The molecule has 0 unspecified atom stereocenters. The van der Waals surface area contributed by atoms with Gasteiger partial charge < -0.3 is 24.6 Å². The van der Waals surface area contributed by atoms with Gasteiger partial charge in [-0.1, -0.05) is 12.1 Å². The van der Waals surface area contributed by atoms with Crippen molar-refractivity contribution in [2.45, 2.75) is 51.3 Å². The van der Waals surface area contributed by atoms with Crippen LogP contribution in [0.4, 0.5) is 5.82 Å². The standard InChI is InChI=1S/C25H32N8O2/c1-16-27-19-5-3-4-6-20(19)33(16)25-29-23-22(24(30-25)32-11-13-35-14-12-32)28-21(31(23)2)15-26-17-7-9-18(34)10-8-17/h3-6,17-18,26,34H,7-15H2,1-2H3. The molecule has 10 heteroatoms. The molecule has 1 aliphatic carbocycles. The number of fused-ring (bicyclic) bond motifs is 2. The second-order valence-corrected chi connectivity index (χ2v) is 9.58. The Morgan fingerprint density at radius 2 is 1.80 bits per heavy atom. The van der Waals surface area contributed by atoms with Crippen molar-refractivity contribution in [3.63, 3.8) is 0 Å². The predicted octanol–water partition coefficient (Wildman–Crippen LogP) is 2.24. The maximum absolute atomic E-state index is 9.82. The summed E-state index contributed by atoms with van der Waals surface area (Å²) in [5, 5.41) is 13.5. The Bertz CT molecular complexity index is 1350. The third-order valence-corrected chi connectivity index (χ3v) is 7.27. The molecule has 0 atom stereocenters. The van der Waals surface area contributed by atoms with Crippen LogP contribution in [0, 0.1) is 6.92 Å². The number of nitrogens with one attached hydrogen (secondary N) is 1. The van der Waals surface area contributed by atoms with Gasteiger partial charge in [-0.2, -0.15) is 9.97 Å². The monoisotopic (exact) mass is 476 g/mol. The first-order valence-electron chi connectivity index (χ1n) is 12.5. The number of nitrogens with zero attached hydrogens (tertiary/aromatic N) is 7. The normalized spacial score (nSPS) is 21.3. The van der Waals surface area contributed by atoms with Gasteiger partial charge in [-0.15, -0.1) is 0 Å². The zero-order valence-electron chi connectivity index (χ0n) is 20.3. The first-order valence-corrected chi connectivity index (χ1v) is 12.5. The molecule has 1 saturated carbocycles. The molecule has 2 aliphatic rings. The van der Waals surface area contributed by atoms with Gasteiger partial charge in [0, 0.05) is 26.2 Å². The molecule has 0 radical (unpaired) electrons. The van der Waals surface area contributed by atoms with E-state index in [1.54, 1.807) is 0 Å². The number of hydrogen-bond donors (Lipinski definition) is 2. The first-order chi connectivity index (χ1) is 17.1. The summed E-state index contributed by atoms with van der Waals surface area (Å²) < 4.78 is 9.70. The second-order valence-electron chi connectivity index (χ2n) is 9.58. The number of rotatable bonds is 5. The van der Waals surface area contributed by atoms with Crippen molar-refractivity contribution in [3.8, 4) is 5.95 Å². The van der Waals surface area contributed by atoms with Crippen molar-refractivity contribution in [3.05, 3.63) is 35.9 Å². The number of benzene rings is 1. The molecular weight excluding hydrogens is 444 g/mol. The lowest BCUT2D eigenvalue weighted by molar-refractivity contribution is 0.116. The van der Waals surface area contributed by atoms with Gasteiger partial charge in [0.1, 0.15) is 11.6 Å². The van der Waals surface area contributed by atoms with E-state index in [0.717, 1.165) is 78.4 Å². The molecule has 1 saturated heterocycles. The summed E-state index contributed by atoms with van der Waals surface area (Å²) in [6, 6.07) is 8.48. The SMILES string of the molecule is Cc1nc2ccccc2n1-c1nc(N2CCOCC2)c2nc(CNC3CCC(O)CC3)n(C)c2n1. The Kier molecular flexibility index (Phi) is 5.87. The van der Waals surface area contributed by atoms with Crippen LogP contribution in [-0.2, 0) is 18.3 Å². The lowest BCUT2D eigenvalue weighted by Gasteiger charge is -2.28. The minimum atomic E-state index is -0.156. The molecule has 2 fully saturated rings. The number of anilines is 1. The van der Waals surface area contributed by atoms with Gasteiger partial charge in [-0.05, 0) is 44.7 Å². The maximum Gasteiger partial charge on any atom is 0.239 e. The van der Waals surface area contributed by atoms with Gasteiger partial charge in [0.25, 0.3) is 0 Å². The highest BCUT2D eigenvalue weighted by molar-refractivity contribution is 5.86. The molecule has 0 spiro atoms. The first kappa shape index (κ1) is 22.4. The average molecular weight is 477 g/mol. The van der Waals surface area contributed by atoms with Gasteiger partial charge in [0.05, 0.1) is 36.9 Å². The van der Waals surface area contributed by atoms with E-state index < -0.39 is 0 Å². The Balaban J connectivity index is 1.42. The highest BCUT2D eigenvalue weighted by atomic mass is 16.5. The Morgan fingerprint density at radius 3 is 2.60 bits per heavy atom. The zero-order chi connectivity index (χ0) is 23.9. The fourth-order valence-corrected chi connectivity index (χ4v) is 5.25. The largest absolute Gasteiger partial charge is 0.393 e. The van der Waals surface area contributed by atoms with Crippen LogP contribution >= 0.6 is 0 Å². The molecule has 4 heterocycles. The van der Waals surface area contributed by atoms with Crippen molar-refractivity contribution >= 4 is 28.0 Å². The smallest absolute Gasteiger partial charge is 0.239 e. The van der Waals surface area contributed by atoms with Crippen LogP contribution in [-0.4, -0.2) is 72.6 Å². The van der Waals surface area contributed by atoms with Crippen molar-refractivity contribution in [2.75, 3.05) is 31.2 Å². The van der Waals surface area contributed by atoms with E-state index >= 15 is 0 Å². The van der Waals surface area contributed by atoms with Crippen LogP contribution in [0.3, 0.4) is 0 Å². The maximum atomic E-state index is 9.82.